The smallest absolute Gasteiger partial charge is 0.356 e. The SMILES string of the molecule is CC(C)=C(C(=O)OC(c1ccccc1)c1ccccc1)N1C(=O)[C@H](NC(=O)c2ccccc2)[C@H]1O[C@H](C)C(=O)CSc1nnnn1C. The first kappa shape index (κ1) is 33.2. The third kappa shape index (κ3) is 7.64. The first-order valence-electron chi connectivity index (χ1n) is 14.9. The van der Waals surface area contributed by atoms with Crippen molar-refractivity contribution < 1.29 is 28.7 Å². The normalized spacial score (nSPS) is 16.3. The molecule has 0 saturated carbocycles. The van der Waals surface area contributed by atoms with Gasteiger partial charge in [-0.1, -0.05) is 90.6 Å². The van der Waals surface area contributed by atoms with Crippen molar-refractivity contribution in [1.82, 2.24) is 30.4 Å². The van der Waals surface area contributed by atoms with E-state index < -0.39 is 42.3 Å². The van der Waals surface area contributed by atoms with Gasteiger partial charge in [0, 0.05) is 12.6 Å². The number of hydrogen-bond donors (Lipinski definition) is 1. The fourth-order valence-electron chi connectivity index (χ4n) is 4.96. The van der Waals surface area contributed by atoms with Crippen LogP contribution in [-0.4, -0.2) is 72.8 Å². The van der Waals surface area contributed by atoms with Crippen LogP contribution in [-0.2, 0) is 30.9 Å². The van der Waals surface area contributed by atoms with Gasteiger partial charge in [-0.2, -0.15) is 0 Å². The van der Waals surface area contributed by atoms with Gasteiger partial charge in [0.1, 0.15) is 11.8 Å². The third-order valence-electron chi connectivity index (χ3n) is 7.42. The number of nitrogens with one attached hydrogen (secondary N) is 1. The maximum absolute atomic E-state index is 14.0. The van der Waals surface area contributed by atoms with Gasteiger partial charge in [-0.3, -0.25) is 19.3 Å². The third-order valence-corrected chi connectivity index (χ3v) is 8.46. The highest BCUT2D eigenvalue weighted by Gasteiger charge is 2.54. The van der Waals surface area contributed by atoms with Crippen molar-refractivity contribution in [1.29, 1.82) is 0 Å². The first-order valence-corrected chi connectivity index (χ1v) is 15.8. The predicted octanol–water partition coefficient (Wildman–Crippen LogP) is 3.87. The highest BCUT2D eigenvalue weighted by molar-refractivity contribution is 7.99. The number of allylic oxidation sites excluding steroid dienone is 1. The number of esters is 1. The average molecular weight is 655 g/mol. The van der Waals surface area contributed by atoms with E-state index in [-0.39, 0.29) is 17.2 Å². The van der Waals surface area contributed by atoms with E-state index in [1.807, 2.05) is 60.7 Å². The second-order valence-corrected chi connectivity index (χ2v) is 11.9. The van der Waals surface area contributed by atoms with Gasteiger partial charge in [0.25, 0.3) is 11.8 Å². The van der Waals surface area contributed by atoms with Gasteiger partial charge in [-0.15, -0.1) is 5.10 Å². The summed E-state index contributed by atoms with van der Waals surface area (Å²) in [6, 6.07) is 25.8. The van der Waals surface area contributed by atoms with Crippen molar-refractivity contribution in [3.8, 4) is 0 Å². The van der Waals surface area contributed by atoms with Crippen molar-refractivity contribution >= 4 is 35.3 Å². The van der Waals surface area contributed by atoms with E-state index in [2.05, 4.69) is 20.8 Å². The lowest BCUT2D eigenvalue weighted by Gasteiger charge is -2.47. The number of benzene rings is 3. The Labute approximate surface area is 276 Å². The van der Waals surface area contributed by atoms with Gasteiger partial charge >= 0.3 is 5.97 Å². The molecule has 242 valence electrons. The number of ketones is 1. The second kappa shape index (κ2) is 15.0. The second-order valence-electron chi connectivity index (χ2n) is 11.0. The van der Waals surface area contributed by atoms with E-state index in [1.165, 1.54) is 4.68 Å². The van der Waals surface area contributed by atoms with Crippen LogP contribution in [0, 0.1) is 0 Å². The number of aryl methyl sites for hydroxylation is 1. The molecular formula is C34H34N6O6S. The Kier molecular flexibility index (Phi) is 10.6. The molecular weight excluding hydrogens is 620 g/mol. The van der Waals surface area contributed by atoms with E-state index in [4.69, 9.17) is 9.47 Å². The molecule has 3 atom stereocenters. The van der Waals surface area contributed by atoms with E-state index >= 15 is 0 Å². The van der Waals surface area contributed by atoms with Crippen LogP contribution < -0.4 is 5.32 Å². The van der Waals surface area contributed by atoms with Crippen molar-refractivity contribution in [2.45, 2.75) is 50.4 Å². The molecule has 47 heavy (non-hydrogen) atoms. The van der Waals surface area contributed by atoms with Crippen LogP contribution in [0.25, 0.3) is 0 Å². The molecule has 0 unspecified atom stereocenters. The molecule has 0 radical (unpaired) electrons. The number of carbonyl (C=O) groups excluding carboxylic acids is 4. The molecule has 5 rings (SSSR count). The molecule has 1 aliphatic rings. The Balaban J connectivity index is 1.40. The minimum Gasteiger partial charge on any atom is -0.448 e. The van der Waals surface area contributed by atoms with E-state index in [9.17, 15) is 19.2 Å². The Bertz CT molecular complexity index is 1720. The van der Waals surface area contributed by atoms with E-state index in [0.29, 0.717) is 16.3 Å². The van der Waals surface area contributed by atoms with Gasteiger partial charge < -0.3 is 14.8 Å². The Morgan fingerprint density at radius 2 is 1.49 bits per heavy atom. The number of rotatable bonds is 13. The monoisotopic (exact) mass is 654 g/mol. The molecule has 12 nitrogen and oxygen atoms in total. The van der Waals surface area contributed by atoms with Crippen molar-refractivity contribution in [3.63, 3.8) is 0 Å². The molecule has 1 saturated heterocycles. The summed E-state index contributed by atoms with van der Waals surface area (Å²) in [5, 5.41) is 14.4. The van der Waals surface area contributed by atoms with Crippen LogP contribution in [0.1, 0.15) is 48.4 Å². The number of ether oxygens (including phenoxy) is 2. The molecule has 2 amide bonds. The van der Waals surface area contributed by atoms with Crippen LogP contribution in [0.5, 0.6) is 0 Å². The number of likely N-dealkylation sites (tertiary alicyclic amines) is 1. The molecule has 0 bridgehead atoms. The van der Waals surface area contributed by atoms with Gasteiger partial charge in [-0.05, 0) is 60.0 Å². The summed E-state index contributed by atoms with van der Waals surface area (Å²) < 4.78 is 13.7. The number of β-lactam (4-membered cyclic amide) rings is 1. The fraction of sp³-hybridized carbons (Fsp3) is 0.265. The van der Waals surface area contributed by atoms with Crippen LogP contribution in [0.15, 0.2) is 107 Å². The van der Waals surface area contributed by atoms with Crippen LogP contribution in [0.4, 0.5) is 0 Å². The van der Waals surface area contributed by atoms with Gasteiger partial charge in [0.2, 0.25) is 5.16 Å². The van der Waals surface area contributed by atoms with Gasteiger partial charge in [0.05, 0.1) is 5.75 Å². The Morgan fingerprint density at radius 1 is 0.915 bits per heavy atom. The zero-order valence-corrected chi connectivity index (χ0v) is 27.1. The molecule has 1 N–H and O–H groups in total. The minimum absolute atomic E-state index is 0.00946. The average Bonchev–Trinajstić information content (AvgIpc) is 3.51. The summed E-state index contributed by atoms with van der Waals surface area (Å²) in [6.45, 7) is 4.91. The minimum atomic E-state index is -1.18. The maximum Gasteiger partial charge on any atom is 0.356 e. The highest BCUT2D eigenvalue weighted by atomic mass is 32.2. The summed E-state index contributed by atoms with van der Waals surface area (Å²) >= 11 is 1.14. The maximum atomic E-state index is 14.0. The molecule has 4 aromatic rings. The van der Waals surface area contributed by atoms with E-state index in [1.54, 1.807) is 58.2 Å². The van der Waals surface area contributed by atoms with Crippen LogP contribution in [0.3, 0.4) is 0 Å². The van der Waals surface area contributed by atoms with Crippen molar-refractivity contribution in [2.75, 3.05) is 5.75 Å². The number of tetrazole rings is 1. The lowest BCUT2D eigenvalue weighted by molar-refractivity contribution is -0.189. The molecule has 3 aromatic carbocycles. The molecule has 2 heterocycles. The summed E-state index contributed by atoms with van der Waals surface area (Å²) in [6.07, 6.45) is -2.97. The summed E-state index contributed by atoms with van der Waals surface area (Å²) in [7, 11) is 1.66. The lowest BCUT2D eigenvalue weighted by atomic mass is 9.99. The van der Waals surface area contributed by atoms with Gasteiger partial charge in [-0.25, -0.2) is 9.48 Å². The number of thioether (sulfide) groups is 1. The number of hydrogen-bond acceptors (Lipinski definition) is 10. The molecule has 13 heteroatoms. The number of amides is 2. The molecule has 0 aliphatic carbocycles. The van der Waals surface area contributed by atoms with Crippen molar-refractivity contribution in [3.05, 3.63) is 119 Å². The van der Waals surface area contributed by atoms with Crippen LogP contribution in [0.2, 0.25) is 0 Å². The highest BCUT2D eigenvalue weighted by Crippen LogP contribution is 2.33. The summed E-state index contributed by atoms with van der Waals surface area (Å²) in [4.78, 5) is 55.1. The molecule has 1 aliphatic heterocycles. The zero-order chi connectivity index (χ0) is 33.5. The van der Waals surface area contributed by atoms with Crippen molar-refractivity contribution in [2.24, 2.45) is 7.05 Å². The summed E-state index contributed by atoms with van der Waals surface area (Å²) in [5.41, 5.74) is 2.26. The Morgan fingerprint density at radius 3 is 2.02 bits per heavy atom. The standard InChI is InChI=1S/C34H34N6O6S/c1-21(2)28(33(44)46-29(23-14-8-5-9-15-23)24-16-10-6-11-17-24)40-31(43)27(35-30(42)25-18-12-7-13-19-25)32(40)45-22(3)26(41)20-47-34-36-37-38-39(34)4/h5-19,22,27,29,32H,20H2,1-4H3,(H,35,42)/t22-,27+,32-/m1/s1. The van der Waals surface area contributed by atoms with Crippen LogP contribution >= 0.6 is 11.8 Å². The quantitative estimate of drug-likeness (QED) is 0.0976. The molecule has 1 aromatic heterocycles. The number of carbonyl (C=O) groups is 4. The lowest BCUT2D eigenvalue weighted by Crippen LogP contribution is -2.72. The predicted molar refractivity (Wildman–Crippen MR) is 173 cm³/mol. The molecule has 0 spiro atoms. The number of nitrogens with zero attached hydrogens (tertiary/aromatic N) is 5. The number of aromatic nitrogens is 4. The first-order chi connectivity index (χ1) is 22.7. The zero-order valence-electron chi connectivity index (χ0n) is 26.3. The number of Topliss-reactive ketones (excluding diaryl/α,β-unsaturated/α-hetero) is 1. The molecule has 1 fully saturated rings. The largest absolute Gasteiger partial charge is 0.448 e. The topological polar surface area (TPSA) is 146 Å². The fourth-order valence-corrected chi connectivity index (χ4v) is 5.78. The van der Waals surface area contributed by atoms with Gasteiger partial charge in [0.15, 0.2) is 24.2 Å². The van der Waals surface area contributed by atoms with E-state index in [0.717, 1.165) is 27.8 Å². The Hall–Kier alpha value is -5.14. The summed E-state index contributed by atoms with van der Waals surface area (Å²) in [5.74, 6) is -2.16.